The van der Waals surface area contributed by atoms with Crippen LogP contribution in [0.1, 0.15) is 33.6 Å². The molecule has 1 heterocycles. The van der Waals surface area contributed by atoms with Crippen LogP contribution in [-0.2, 0) is 10.8 Å². The van der Waals surface area contributed by atoms with Crippen LogP contribution in [0.25, 0.3) is 0 Å². The van der Waals surface area contributed by atoms with Crippen molar-refractivity contribution in [1.29, 1.82) is 0 Å². The van der Waals surface area contributed by atoms with E-state index in [0.717, 1.165) is 12.3 Å². The number of thioether (sulfide) groups is 1. The quantitative estimate of drug-likeness (QED) is 0.826. The molecule has 1 saturated heterocycles. The zero-order valence-corrected chi connectivity index (χ0v) is 11.7. The van der Waals surface area contributed by atoms with Crippen molar-refractivity contribution in [2.24, 2.45) is 0 Å². The first kappa shape index (κ1) is 13.5. The second-order valence-corrected chi connectivity index (χ2v) is 8.50. The molecule has 0 spiro atoms. The van der Waals surface area contributed by atoms with Gasteiger partial charge in [-0.1, -0.05) is 0 Å². The molecule has 0 amide bonds. The van der Waals surface area contributed by atoms with Crippen LogP contribution in [0.2, 0.25) is 0 Å². The van der Waals surface area contributed by atoms with Gasteiger partial charge < -0.3 is 5.32 Å². The Labute approximate surface area is 100 Å². The van der Waals surface area contributed by atoms with Crippen molar-refractivity contribution in [2.45, 2.75) is 44.4 Å². The Bertz CT molecular complexity index is 207. The minimum Gasteiger partial charge on any atom is -0.312 e. The number of hydrogen-bond acceptors (Lipinski definition) is 3. The van der Waals surface area contributed by atoms with Crippen LogP contribution in [0, 0.1) is 0 Å². The SMILES string of the molecule is CC(C)(C)S(=O)CCNC1CCCSC1. The molecular weight excluding hydrogens is 226 g/mol. The van der Waals surface area contributed by atoms with Gasteiger partial charge in [0.05, 0.1) is 0 Å². The first-order chi connectivity index (χ1) is 7.00. The summed E-state index contributed by atoms with van der Waals surface area (Å²) in [7, 11) is -0.711. The van der Waals surface area contributed by atoms with Gasteiger partial charge in [-0.05, 0) is 39.4 Å². The summed E-state index contributed by atoms with van der Waals surface area (Å²) >= 11 is 2.03. The lowest BCUT2D eigenvalue weighted by Crippen LogP contribution is -2.38. The lowest BCUT2D eigenvalue weighted by Gasteiger charge is -2.23. The van der Waals surface area contributed by atoms with E-state index in [9.17, 15) is 4.21 Å². The molecule has 2 nitrogen and oxygen atoms in total. The smallest absolute Gasteiger partial charge is 0.0375 e. The van der Waals surface area contributed by atoms with E-state index in [4.69, 9.17) is 0 Å². The topological polar surface area (TPSA) is 29.1 Å². The van der Waals surface area contributed by atoms with Crippen LogP contribution in [-0.4, -0.2) is 38.8 Å². The summed E-state index contributed by atoms with van der Waals surface area (Å²) in [5.74, 6) is 3.32. The standard InChI is InChI=1S/C11H23NOS2/c1-11(2,3)15(13)8-6-12-10-5-4-7-14-9-10/h10,12H,4-9H2,1-3H3. The summed E-state index contributed by atoms with van der Waals surface area (Å²) in [6, 6.07) is 0.653. The highest BCUT2D eigenvalue weighted by molar-refractivity contribution is 7.99. The second kappa shape index (κ2) is 6.26. The second-order valence-electron chi connectivity index (χ2n) is 5.03. The molecule has 2 unspecified atom stereocenters. The largest absolute Gasteiger partial charge is 0.312 e. The molecule has 1 fully saturated rings. The lowest BCUT2D eigenvalue weighted by atomic mass is 10.2. The zero-order valence-electron chi connectivity index (χ0n) is 10.0. The van der Waals surface area contributed by atoms with Crippen molar-refractivity contribution < 1.29 is 4.21 Å². The molecule has 1 N–H and O–H groups in total. The van der Waals surface area contributed by atoms with Crippen LogP contribution in [0.4, 0.5) is 0 Å². The van der Waals surface area contributed by atoms with E-state index >= 15 is 0 Å². The Morgan fingerprint density at radius 1 is 1.47 bits per heavy atom. The third kappa shape index (κ3) is 5.36. The highest BCUT2D eigenvalue weighted by Crippen LogP contribution is 2.17. The average Bonchev–Trinajstić information content (AvgIpc) is 2.18. The molecule has 1 aliphatic heterocycles. The zero-order chi connectivity index (χ0) is 11.3. The summed E-state index contributed by atoms with van der Waals surface area (Å²) in [5, 5.41) is 3.51. The molecule has 2 atom stereocenters. The molecule has 0 saturated carbocycles. The van der Waals surface area contributed by atoms with E-state index in [0.29, 0.717) is 6.04 Å². The van der Waals surface area contributed by atoms with Crippen LogP contribution >= 0.6 is 11.8 Å². The third-order valence-electron chi connectivity index (χ3n) is 2.56. The predicted octanol–water partition coefficient (Wildman–Crippen LogP) is 2.02. The van der Waals surface area contributed by atoms with Crippen molar-refractivity contribution in [3.05, 3.63) is 0 Å². The Hall–Kier alpha value is 0.460. The average molecular weight is 249 g/mol. The fourth-order valence-electron chi connectivity index (χ4n) is 1.56. The highest BCUT2D eigenvalue weighted by Gasteiger charge is 2.19. The fourth-order valence-corrected chi connectivity index (χ4v) is 3.59. The van der Waals surface area contributed by atoms with E-state index in [1.54, 1.807) is 0 Å². The van der Waals surface area contributed by atoms with Crippen LogP contribution in [0.3, 0.4) is 0 Å². The van der Waals surface area contributed by atoms with E-state index in [1.807, 2.05) is 32.5 Å². The Balaban J connectivity index is 2.12. The summed E-state index contributed by atoms with van der Waals surface area (Å²) < 4.78 is 11.7. The van der Waals surface area contributed by atoms with Crippen molar-refractivity contribution in [1.82, 2.24) is 5.32 Å². The van der Waals surface area contributed by atoms with Crippen LogP contribution < -0.4 is 5.32 Å². The Kier molecular flexibility index (Phi) is 5.64. The van der Waals surface area contributed by atoms with Gasteiger partial charge in [-0.15, -0.1) is 0 Å². The van der Waals surface area contributed by atoms with Crippen molar-refractivity contribution in [3.63, 3.8) is 0 Å². The fraction of sp³-hybridized carbons (Fsp3) is 1.00. The van der Waals surface area contributed by atoms with Gasteiger partial charge in [-0.25, -0.2) is 0 Å². The first-order valence-corrected chi connectivity index (χ1v) is 8.17. The third-order valence-corrected chi connectivity index (χ3v) is 5.72. The molecule has 0 bridgehead atoms. The molecule has 15 heavy (non-hydrogen) atoms. The summed E-state index contributed by atoms with van der Waals surface area (Å²) in [5.41, 5.74) is 0. The summed E-state index contributed by atoms with van der Waals surface area (Å²) in [6.45, 7) is 7.02. The molecular formula is C11H23NOS2. The van der Waals surface area contributed by atoms with E-state index < -0.39 is 10.8 Å². The minimum atomic E-state index is -0.711. The molecule has 0 aliphatic carbocycles. The van der Waals surface area contributed by atoms with Gasteiger partial charge in [0.2, 0.25) is 0 Å². The maximum absolute atomic E-state index is 11.8. The van der Waals surface area contributed by atoms with Crippen molar-refractivity contribution in [3.8, 4) is 0 Å². The van der Waals surface area contributed by atoms with Crippen molar-refractivity contribution >= 4 is 22.6 Å². The molecule has 90 valence electrons. The predicted molar refractivity (Wildman–Crippen MR) is 71.1 cm³/mol. The molecule has 0 aromatic carbocycles. The summed E-state index contributed by atoms with van der Waals surface area (Å²) in [4.78, 5) is 0. The monoisotopic (exact) mass is 249 g/mol. The number of rotatable bonds is 4. The minimum absolute atomic E-state index is 0.0665. The Morgan fingerprint density at radius 2 is 2.20 bits per heavy atom. The molecule has 0 aromatic rings. The first-order valence-electron chi connectivity index (χ1n) is 5.70. The molecule has 1 aliphatic rings. The summed E-state index contributed by atoms with van der Waals surface area (Å²) in [6.07, 6.45) is 2.61. The van der Waals surface area contributed by atoms with Crippen LogP contribution in [0.15, 0.2) is 0 Å². The number of nitrogens with one attached hydrogen (secondary N) is 1. The van der Waals surface area contributed by atoms with Gasteiger partial charge in [-0.3, -0.25) is 4.21 Å². The van der Waals surface area contributed by atoms with Gasteiger partial charge in [0.25, 0.3) is 0 Å². The van der Waals surface area contributed by atoms with E-state index in [-0.39, 0.29) is 4.75 Å². The lowest BCUT2D eigenvalue weighted by molar-refractivity contribution is 0.522. The molecule has 0 radical (unpaired) electrons. The van der Waals surface area contributed by atoms with Gasteiger partial charge >= 0.3 is 0 Å². The Morgan fingerprint density at radius 3 is 2.73 bits per heavy atom. The number of hydrogen-bond donors (Lipinski definition) is 1. The van der Waals surface area contributed by atoms with Gasteiger partial charge in [0.1, 0.15) is 0 Å². The van der Waals surface area contributed by atoms with Gasteiger partial charge in [0.15, 0.2) is 0 Å². The maximum atomic E-state index is 11.8. The molecule has 4 heteroatoms. The van der Waals surface area contributed by atoms with E-state index in [1.165, 1.54) is 24.3 Å². The van der Waals surface area contributed by atoms with E-state index in [2.05, 4.69) is 5.32 Å². The van der Waals surface area contributed by atoms with Gasteiger partial charge in [-0.2, -0.15) is 11.8 Å². The molecule has 0 aromatic heterocycles. The molecule has 1 rings (SSSR count). The normalized spacial score (nSPS) is 25.1. The highest BCUT2D eigenvalue weighted by atomic mass is 32.2. The van der Waals surface area contributed by atoms with Crippen LogP contribution in [0.5, 0.6) is 0 Å². The maximum Gasteiger partial charge on any atom is 0.0375 e. The van der Waals surface area contributed by atoms with Crippen molar-refractivity contribution in [2.75, 3.05) is 23.8 Å². The van der Waals surface area contributed by atoms with Gasteiger partial charge in [0, 0.05) is 39.6 Å².